The lowest BCUT2D eigenvalue weighted by Crippen LogP contribution is -2.32. The summed E-state index contributed by atoms with van der Waals surface area (Å²) in [4.78, 5) is 30.5. The molecular formula is C23H18F3N3O5S. The number of alkyl halides is 3. The number of nitrogens with zero attached hydrogens (tertiary/aromatic N) is 3. The Balaban J connectivity index is 1.45. The molecule has 0 spiro atoms. The number of hydrogen-bond donors (Lipinski definition) is 0. The predicted molar refractivity (Wildman–Crippen MR) is 118 cm³/mol. The number of benzene rings is 2. The molecule has 0 unspecified atom stereocenters. The largest absolute Gasteiger partial charge is 0.501 e. The molecular weight excluding hydrogens is 487 g/mol. The van der Waals surface area contributed by atoms with Gasteiger partial charge in [0.1, 0.15) is 13.2 Å². The Labute approximate surface area is 198 Å². The van der Waals surface area contributed by atoms with Gasteiger partial charge in [0.25, 0.3) is 15.7 Å². The zero-order valence-electron chi connectivity index (χ0n) is 18.0. The Morgan fingerprint density at radius 1 is 0.943 bits per heavy atom. The minimum atomic E-state index is -5.54. The Bertz CT molecular complexity index is 1350. The van der Waals surface area contributed by atoms with Crippen LogP contribution in [0.2, 0.25) is 0 Å². The second kappa shape index (κ2) is 9.37. The molecule has 12 heteroatoms. The first kappa shape index (κ1) is 24.2. The van der Waals surface area contributed by atoms with E-state index in [4.69, 9.17) is 4.74 Å². The molecule has 0 N–H and O–H groups in total. The number of hydrogen-bond acceptors (Lipinski definition) is 6. The van der Waals surface area contributed by atoms with E-state index in [1.165, 1.54) is 11.1 Å². The van der Waals surface area contributed by atoms with E-state index < -0.39 is 32.2 Å². The molecule has 4 rings (SSSR count). The van der Waals surface area contributed by atoms with Gasteiger partial charge in [0.2, 0.25) is 5.88 Å². The van der Waals surface area contributed by atoms with E-state index >= 15 is 0 Å². The maximum absolute atomic E-state index is 12.8. The quantitative estimate of drug-likeness (QED) is 0.452. The lowest BCUT2D eigenvalue weighted by Gasteiger charge is -2.18. The van der Waals surface area contributed by atoms with Gasteiger partial charge in [0.05, 0.1) is 10.6 Å². The molecule has 3 aromatic rings. The molecule has 1 aliphatic heterocycles. The molecule has 0 radical (unpaired) electrons. The van der Waals surface area contributed by atoms with Gasteiger partial charge in [-0.3, -0.25) is 4.79 Å². The summed E-state index contributed by atoms with van der Waals surface area (Å²) in [5.74, 6) is -0.265. The van der Waals surface area contributed by atoms with Crippen LogP contribution in [0.1, 0.15) is 11.1 Å². The highest BCUT2D eigenvalue weighted by molar-refractivity contribution is 7.92. The highest BCUT2D eigenvalue weighted by atomic mass is 32.2. The van der Waals surface area contributed by atoms with Crippen LogP contribution in [-0.4, -0.2) is 42.3 Å². The Morgan fingerprint density at radius 3 is 2.29 bits per heavy atom. The van der Waals surface area contributed by atoms with Crippen LogP contribution >= 0.6 is 0 Å². The zero-order chi connectivity index (χ0) is 25.2. The number of anilines is 1. The molecule has 8 nitrogen and oxygen atoms in total. The summed E-state index contributed by atoms with van der Waals surface area (Å²) in [7, 11) is -5.54. The van der Waals surface area contributed by atoms with Crippen molar-refractivity contribution < 1.29 is 35.9 Å². The minimum Gasteiger partial charge on any atom is -0.473 e. The zero-order valence-corrected chi connectivity index (χ0v) is 18.8. The van der Waals surface area contributed by atoms with Gasteiger partial charge in [-0.05, 0) is 41.5 Å². The van der Waals surface area contributed by atoms with Crippen molar-refractivity contribution in [2.45, 2.75) is 23.6 Å². The number of pyridine rings is 1. The number of aromatic nitrogens is 1. The number of halogens is 3. The number of ether oxygens (including phenoxy) is 1. The van der Waals surface area contributed by atoms with Crippen LogP contribution in [0.3, 0.4) is 0 Å². The molecule has 0 aliphatic carbocycles. The highest BCUT2D eigenvalue weighted by Gasteiger charge is 2.47. The average Bonchev–Trinajstić information content (AvgIpc) is 3.10. The van der Waals surface area contributed by atoms with Crippen molar-refractivity contribution in [3.05, 3.63) is 84.1 Å². The van der Waals surface area contributed by atoms with Gasteiger partial charge in [0.15, 0.2) is 0 Å². The first-order chi connectivity index (χ1) is 16.6. The van der Waals surface area contributed by atoms with Crippen LogP contribution in [-0.2, 0) is 27.8 Å². The third kappa shape index (κ3) is 5.11. The summed E-state index contributed by atoms with van der Waals surface area (Å²) in [6.45, 7) is 0.0993. The van der Waals surface area contributed by atoms with E-state index in [0.29, 0.717) is 30.2 Å². The summed E-state index contributed by atoms with van der Waals surface area (Å²) in [6.07, 6.45) is 1.51. The van der Waals surface area contributed by atoms with Crippen LogP contribution in [0.5, 0.6) is 5.88 Å². The standard InChI is InChI=1S/C23H18F3N3O5S/c24-23(25,26)35(32,33)19-8-6-18(7-9-19)29-21(30)14-28(22(29)31)13-17-10-11-27-20(12-17)34-15-16-4-2-1-3-5-16/h1-12H,13-15H2. The second-order valence-corrected chi connectivity index (χ2v) is 9.53. The van der Waals surface area contributed by atoms with E-state index in [1.807, 2.05) is 30.3 Å². The molecule has 1 fully saturated rings. The van der Waals surface area contributed by atoms with E-state index in [0.717, 1.165) is 22.6 Å². The topological polar surface area (TPSA) is 96.9 Å². The number of carbonyl (C=O) groups excluding carboxylic acids is 2. The predicted octanol–water partition coefficient (Wildman–Crippen LogP) is 3.92. The fourth-order valence-electron chi connectivity index (χ4n) is 3.42. The summed E-state index contributed by atoms with van der Waals surface area (Å²) in [6, 6.07) is 15.5. The summed E-state index contributed by atoms with van der Waals surface area (Å²) in [5.41, 5.74) is -3.90. The van der Waals surface area contributed by atoms with Crippen LogP contribution in [0.25, 0.3) is 0 Å². The van der Waals surface area contributed by atoms with Gasteiger partial charge in [-0.15, -0.1) is 0 Å². The van der Waals surface area contributed by atoms with Gasteiger partial charge in [-0.25, -0.2) is 23.1 Å². The first-order valence-corrected chi connectivity index (χ1v) is 11.7. The van der Waals surface area contributed by atoms with Crippen molar-refractivity contribution in [2.24, 2.45) is 0 Å². The maximum Gasteiger partial charge on any atom is 0.501 e. The average molecular weight is 505 g/mol. The lowest BCUT2D eigenvalue weighted by molar-refractivity contribution is -0.116. The normalized spacial score (nSPS) is 14.5. The number of imide groups is 1. The molecule has 182 valence electrons. The van der Waals surface area contributed by atoms with Crippen molar-refractivity contribution in [3.63, 3.8) is 0 Å². The molecule has 2 heterocycles. The van der Waals surface area contributed by atoms with Gasteiger partial charge in [0, 0.05) is 18.8 Å². The van der Waals surface area contributed by atoms with Crippen molar-refractivity contribution in [1.82, 2.24) is 9.88 Å². The van der Waals surface area contributed by atoms with E-state index in [9.17, 15) is 31.2 Å². The van der Waals surface area contributed by atoms with Crippen LogP contribution in [0, 0.1) is 0 Å². The van der Waals surface area contributed by atoms with Crippen molar-refractivity contribution in [3.8, 4) is 5.88 Å². The maximum atomic E-state index is 12.8. The van der Waals surface area contributed by atoms with Crippen molar-refractivity contribution in [2.75, 3.05) is 11.4 Å². The highest BCUT2D eigenvalue weighted by Crippen LogP contribution is 2.32. The molecule has 35 heavy (non-hydrogen) atoms. The van der Waals surface area contributed by atoms with E-state index in [2.05, 4.69) is 4.98 Å². The van der Waals surface area contributed by atoms with Crippen LogP contribution in [0.4, 0.5) is 23.7 Å². The number of amides is 3. The third-order valence-corrected chi connectivity index (χ3v) is 6.65. The third-order valence-electron chi connectivity index (χ3n) is 5.15. The van der Waals surface area contributed by atoms with Gasteiger partial charge < -0.3 is 9.64 Å². The number of sulfone groups is 1. The number of carbonyl (C=O) groups is 2. The number of urea groups is 1. The summed E-state index contributed by atoms with van der Waals surface area (Å²) >= 11 is 0. The Morgan fingerprint density at radius 2 is 1.63 bits per heavy atom. The fraction of sp³-hybridized carbons (Fsp3) is 0.174. The smallest absolute Gasteiger partial charge is 0.473 e. The van der Waals surface area contributed by atoms with E-state index in [-0.39, 0.29) is 18.8 Å². The van der Waals surface area contributed by atoms with Crippen LogP contribution < -0.4 is 9.64 Å². The molecule has 1 saturated heterocycles. The molecule has 2 aromatic carbocycles. The number of rotatable bonds is 7. The molecule has 0 atom stereocenters. The monoisotopic (exact) mass is 505 g/mol. The molecule has 0 bridgehead atoms. The first-order valence-electron chi connectivity index (χ1n) is 10.2. The fourth-order valence-corrected chi connectivity index (χ4v) is 4.18. The minimum absolute atomic E-state index is 0.0368. The SMILES string of the molecule is O=C1CN(Cc2ccnc(OCc3ccccc3)c2)C(=O)N1c1ccc(S(=O)(=O)C(F)(F)F)cc1. The van der Waals surface area contributed by atoms with E-state index in [1.54, 1.807) is 12.1 Å². The molecule has 1 aromatic heterocycles. The Kier molecular flexibility index (Phi) is 6.48. The molecule has 0 saturated carbocycles. The molecule has 3 amide bonds. The van der Waals surface area contributed by atoms with Gasteiger partial charge in [-0.1, -0.05) is 30.3 Å². The second-order valence-electron chi connectivity index (χ2n) is 7.59. The van der Waals surface area contributed by atoms with Crippen LogP contribution in [0.15, 0.2) is 77.8 Å². The van der Waals surface area contributed by atoms with Crippen molar-refractivity contribution >= 4 is 27.5 Å². The molecule has 1 aliphatic rings. The Hall–Kier alpha value is -3.93. The summed E-state index contributed by atoms with van der Waals surface area (Å²) in [5, 5.41) is 0. The summed E-state index contributed by atoms with van der Waals surface area (Å²) < 4.78 is 67.0. The van der Waals surface area contributed by atoms with Gasteiger partial charge in [-0.2, -0.15) is 13.2 Å². The lowest BCUT2D eigenvalue weighted by atomic mass is 10.2. The van der Waals surface area contributed by atoms with Crippen molar-refractivity contribution in [1.29, 1.82) is 0 Å². The van der Waals surface area contributed by atoms with Gasteiger partial charge >= 0.3 is 11.5 Å².